The van der Waals surface area contributed by atoms with Crippen LogP contribution in [0.1, 0.15) is 49.3 Å². The average Bonchev–Trinajstić information content (AvgIpc) is 2.73. The van der Waals surface area contributed by atoms with Crippen LogP contribution in [0.15, 0.2) is 24.4 Å². The highest BCUT2D eigenvalue weighted by molar-refractivity contribution is 5.38. The molecule has 1 heterocycles. The van der Waals surface area contributed by atoms with Gasteiger partial charge in [0.25, 0.3) is 0 Å². The van der Waals surface area contributed by atoms with Crippen LogP contribution in [0.5, 0.6) is 0 Å². The second kappa shape index (κ2) is 5.02. The van der Waals surface area contributed by atoms with Crippen molar-refractivity contribution in [2.45, 2.75) is 39.2 Å². The number of rotatable bonds is 2. The van der Waals surface area contributed by atoms with Crippen molar-refractivity contribution in [3.8, 4) is 0 Å². The van der Waals surface area contributed by atoms with Gasteiger partial charge in [0.15, 0.2) is 0 Å². The van der Waals surface area contributed by atoms with Gasteiger partial charge < -0.3 is 5.11 Å². The Hall–Kier alpha value is -1.68. The molecule has 4 heteroatoms. The largest absolute Gasteiger partial charge is 0.384 e. The molecule has 1 N–H and O–H groups in total. The van der Waals surface area contributed by atoms with E-state index in [-0.39, 0.29) is 11.2 Å². The van der Waals surface area contributed by atoms with E-state index in [1.807, 2.05) is 34.7 Å². The Morgan fingerprint density at radius 2 is 1.90 bits per heavy atom. The van der Waals surface area contributed by atoms with E-state index in [0.29, 0.717) is 5.56 Å². The van der Waals surface area contributed by atoms with E-state index in [2.05, 4.69) is 5.10 Å². The molecule has 0 aliphatic rings. The van der Waals surface area contributed by atoms with Crippen LogP contribution in [0.2, 0.25) is 0 Å². The van der Waals surface area contributed by atoms with Crippen LogP contribution in [0.3, 0.4) is 0 Å². The summed E-state index contributed by atoms with van der Waals surface area (Å²) in [7, 11) is 1.82. The van der Waals surface area contributed by atoms with Crippen molar-refractivity contribution in [2.24, 2.45) is 7.05 Å². The molecule has 0 spiro atoms. The average molecular weight is 276 g/mol. The summed E-state index contributed by atoms with van der Waals surface area (Å²) in [5.74, 6) is -0.342. The van der Waals surface area contributed by atoms with Crippen LogP contribution in [0.25, 0.3) is 0 Å². The lowest BCUT2D eigenvalue weighted by molar-refractivity contribution is 0.216. The van der Waals surface area contributed by atoms with Crippen molar-refractivity contribution in [3.63, 3.8) is 0 Å². The maximum absolute atomic E-state index is 13.4. The van der Waals surface area contributed by atoms with Crippen LogP contribution >= 0.6 is 0 Å². The van der Waals surface area contributed by atoms with Crippen LogP contribution in [0.4, 0.5) is 4.39 Å². The van der Waals surface area contributed by atoms with E-state index in [9.17, 15) is 9.50 Å². The molecule has 0 saturated carbocycles. The molecule has 0 fully saturated rings. The lowest BCUT2D eigenvalue weighted by Crippen LogP contribution is -2.17. The first kappa shape index (κ1) is 14.7. The number of aromatic nitrogens is 2. The molecule has 1 atom stereocenters. The first-order valence-electron chi connectivity index (χ1n) is 6.68. The highest BCUT2D eigenvalue weighted by Gasteiger charge is 2.27. The van der Waals surface area contributed by atoms with Gasteiger partial charge in [-0.05, 0) is 30.2 Å². The Morgan fingerprint density at radius 3 is 2.50 bits per heavy atom. The smallest absolute Gasteiger partial charge is 0.123 e. The second-order valence-corrected chi connectivity index (χ2v) is 6.26. The number of hydrogen-bond acceptors (Lipinski definition) is 2. The Balaban J connectivity index is 2.54. The molecule has 2 rings (SSSR count). The number of nitrogens with zero attached hydrogens (tertiary/aromatic N) is 2. The molecule has 1 aromatic carbocycles. The van der Waals surface area contributed by atoms with Crippen LogP contribution < -0.4 is 0 Å². The van der Waals surface area contributed by atoms with Gasteiger partial charge in [0, 0.05) is 24.2 Å². The third-order valence-electron chi connectivity index (χ3n) is 3.40. The molecule has 2 aromatic rings. The number of benzene rings is 1. The molecular weight excluding hydrogens is 255 g/mol. The molecule has 0 aliphatic heterocycles. The molecule has 0 amide bonds. The van der Waals surface area contributed by atoms with E-state index >= 15 is 0 Å². The molecule has 3 nitrogen and oxygen atoms in total. The first-order valence-corrected chi connectivity index (χ1v) is 6.68. The Labute approximate surface area is 119 Å². The highest BCUT2D eigenvalue weighted by Crippen LogP contribution is 2.33. The third kappa shape index (κ3) is 2.75. The summed E-state index contributed by atoms with van der Waals surface area (Å²) in [6, 6.07) is 4.47. The number of aliphatic hydroxyl groups excluding tert-OH is 1. The van der Waals surface area contributed by atoms with E-state index in [0.717, 1.165) is 16.8 Å². The minimum absolute atomic E-state index is 0.182. The van der Waals surface area contributed by atoms with Gasteiger partial charge in [0.1, 0.15) is 11.9 Å². The lowest BCUT2D eigenvalue weighted by Gasteiger charge is -2.21. The van der Waals surface area contributed by atoms with Crippen molar-refractivity contribution in [1.29, 1.82) is 0 Å². The standard InChI is InChI=1S/C16H21FN2O/c1-10-6-7-11(17)8-12(10)14(20)13-9-19(5)18-15(13)16(2,3)4/h6-9,14,20H,1-5H3. The third-order valence-corrected chi connectivity index (χ3v) is 3.40. The molecule has 0 bridgehead atoms. The maximum Gasteiger partial charge on any atom is 0.123 e. The second-order valence-electron chi connectivity index (χ2n) is 6.26. The zero-order valence-corrected chi connectivity index (χ0v) is 12.6. The van der Waals surface area contributed by atoms with Gasteiger partial charge in [-0.1, -0.05) is 26.8 Å². The predicted octanol–water partition coefficient (Wildman–Crippen LogP) is 3.25. The van der Waals surface area contributed by atoms with Crippen molar-refractivity contribution >= 4 is 0 Å². The minimum Gasteiger partial charge on any atom is -0.384 e. The maximum atomic E-state index is 13.4. The predicted molar refractivity (Wildman–Crippen MR) is 77.1 cm³/mol. The zero-order valence-electron chi connectivity index (χ0n) is 12.6. The van der Waals surface area contributed by atoms with E-state index in [1.54, 1.807) is 16.9 Å². The van der Waals surface area contributed by atoms with Gasteiger partial charge in [-0.2, -0.15) is 5.10 Å². The quantitative estimate of drug-likeness (QED) is 0.914. The van der Waals surface area contributed by atoms with Gasteiger partial charge in [-0.15, -0.1) is 0 Å². The zero-order chi connectivity index (χ0) is 15.1. The number of halogens is 1. The Morgan fingerprint density at radius 1 is 1.25 bits per heavy atom. The molecule has 1 unspecified atom stereocenters. The fraction of sp³-hybridized carbons (Fsp3) is 0.438. The topological polar surface area (TPSA) is 38.0 Å². The first-order chi connectivity index (χ1) is 9.20. The monoisotopic (exact) mass is 276 g/mol. The summed E-state index contributed by atoms with van der Waals surface area (Å²) in [4.78, 5) is 0. The van der Waals surface area contributed by atoms with Gasteiger partial charge in [-0.25, -0.2) is 4.39 Å². The van der Waals surface area contributed by atoms with Gasteiger partial charge in [0.05, 0.1) is 5.69 Å². The number of aryl methyl sites for hydroxylation is 2. The van der Waals surface area contributed by atoms with Crippen LogP contribution in [0, 0.1) is 12.7 Å². The van der Waals surface area contributed by atoms with E-state index < -0.39 is 6.10 Å². The summed E-state index contributed by atoms with van der Waals surface area (Å²) >= 11 is 0. The molecule has 0 radical (unpaired) electrons. The summed E-state index contributed by atoms with van der Waals surface area (Å²) in [6.45, 7) is 8.00. The number of hydrogen-bond donors (Lipinski definition) is 1. The van der Waals surface area contributed by atoms with Gasteiger partial charge >= 0.3 is 0 Å². The SMILES string of the molecule is Cc1ccc(F)cc1C(O)c1cn(C)nc1C(C)(C)C. The molecule has 20 heavy (non-hydrogen) atoms. The minimum atomic E-state index is -0.867. The Bertz CT molecular complexity index is 626. The van der Waals surface area contributed by atoms with E-state index in [4.69, 9.17) is 0 Å². The fourth-order valence-corrected chi connectivity index (χ4v) is 2.36. The summed E-state index contributed by atoms with van der Waals surface area (Å²) < 4.78 is 15.1. The molecular formula is C16H21FN2O. The molecule has 108 valence electrons. The van der Waals surface area contributed by atoms with Gasteiger partial charge in [-0.3, -0.25) is 4.68 Å². The molecule has 1 aromatic heterocycles. The molecule has 0 aliphatic carbocycles. The lowest BCUT2D eigenvalue weighted by atomic mass is 9.86. The van der Waals surface area contributed by atoms with E-state index in [1.165, 1.54) is 12.1 Å². The van der Waals surface area contributed by atoms with Crippen LogP contribution in [-0.2, 0) is 12.5 Å². The van der Waals surface area contributed by atoms with Crippen molar-refractivity contribution in [1.82, 2.24) is 9.78 Å². The normalized spacial score (nSPS) is 13.6. The van der Waals surface area contributed by atoms with Gasteiger partial charge in [0.2, 0.25) is 0 Å². The summed E-state index contributed by atoms with van der Waals surface area (Å²) in [5, 5.41) is 15.1. The summed E-state index contributed by atoms with van der Waals surface area (Å²) in [5.41, 5.74) is 2.83. The Kier molecular flexibility index (Phi) is 3.69. The van der Waals surface area contributed by atoms with Crippen LogP contribution in [-0.4, -0.2) is 14.9 Å². The molecule has 0 saturated heterocycles. The van der Waals surface area contributed by atoms with Crippen molar-refractivity contribution in [2.75, 3.05) is 0 Å². The van der Waals surface area contributed by atoms with Crippen molar-refractivity contribution < 1.29 is 9.50 Å². The number of aliphatic hydroxyl groups is 1. The highest BCUT2D eigenvalue weighted by atomic mass is 19.1. The summed E-state index contributed by atoms with van der Waals surface area (Å²) in [6.07, 6.45) is 0.934. The van der Waals surface area contributed by atoms with Crippen molar-refractivity contribution in [3.05, 3.63) is 52.6 Å². The fourth-order valence-electron chi connectivity index (χ4n) is 2.36.